The van der Waals surface area contributed by atoms with Gasteiger partial charge in [-0.3, -0.25) is 4.79 Å². The Morgan fingerprint density at radius 2 is 2.26 bits per heavy atom. The summed E-state index contributed by atoms with van der Waals surface area (Å²) in [5.74, 6) is 1.48. The molecule has 0 aliphatic carbocycles. The van der Waals surface area contributed by atoms with Crippen LogP contribution in [0.5, 0.6) is 0 Å². The zero-order valence-corrected chi connectivity index (χ0v) is 15.3. The van der Waals surface area contributed by atoms with E-state index in [1.165, 1.54) is 18.4 Å². The summed E-state index contributed by atoms with van der Waals surface area (Å²) >= 11 is 1.68. The Kier molecular flexibility index (Phi) is 7.34. The van der Waals surface area contributed by atoms with Gasteiger partial charge in [-0.15, -0.1) is 12.4 Å². The fourth-order valence-corrected chi connectivity index (χ4v) is 4.22. The van der Waals surface area contributed by atoms with E-state index in [0.29, 0.717) is 37.3 Å². The van der Waals surface area contributed by atoms with Crippen molar-refractivity contribution in [2.45, 2.75) is 32.3 Å². The van der Waals surface area contributed by atoms with Crippen molar-refractivity contribution in [3.8, 4) is 0 Å². The summed E-state index contributed by atoms with van der Waals surface area (Å²) in [4.78, 5) is 14.6. The molecular formula is C17H27ClN2O2S. The number of nitrogens with one attached hydrogen (secondary N) is 1. The molecule has 0 spiro atoms. The second-order valence-corrected chi connectivity index (χ2v) is 7.30. The first-order valence-corrected chi connectivity index (χ1v) is 9.30. The minimum absolute atomic E-state index is 0. The van der Waals surface area contributed by atoms with E-state index in [2.05, 4.69) is 29.1 Å². The van der Waals surface area contributed by atoms with Crippen LogP contribution in [0.4, 0.5) is 0 Å². The van der Waals surface area contributed by atoms with Crippen molar-refractivity contribution in [1.82, 2.24) is 10.2 Å². The van der Waals surface area contributed by atoms with E-state index >= 15 is 0 Å². The van der Waals surface area contributed by atoms with Crippen LogP contribution < -0.4 is 5.32 Å². The van der Waals surface area contributed by atoms with Crippen molar-refractivity contribution in [3.63, 3.8) is 0 Å². The van der Waals surface area contributed by atoms with Crippen molar-refractivity contribution < 1.29 is 9.53 Å². The zero-order valence-electron chi connectivity index (χ0n) is 13.7. The minimum Gasteiger partial charge on any atom is -0.370 e. The predicted molar refractivity (Wildman–Crippen MR) is 96.2 cm³/mol. The molecule has 1 amide bonds. The topological polar surface area (TPSA) is 41.6 Å². The SMILES string of the molecule is CC(CC(=O)N1CCOC(c2ccsc2)C1)C1CCNCC1.Cl. The molecule has 1 N–H and O–H groups in total. The number of halogens is 1. The zero-order chi connectivity index (χ0) is 15.4. The molecule has 1 aromatic heterocycles. The number of nitrogens with zero attached hydrogens (tertiary/aromatic N) is 1. The van der Waals surface area contributed by atoms with E-state index in [1.807, 2.05) is 4.90 Å². The molecule has 2 aliphatic heterocycles. The van der Waals surface area contributed by atoms with Crippen LogP contribution in [0.2, 0.25) is 0 Å². The molecule has 1 aromatic rings. The van der Waals surface area contributed by atoms with Gasteiger partial charge in [0.1, 0.15) is 6.10 Å². The van der Waals surface area contributed by atoms with Crippen LogP contribution in [0.3, 0.4) is 0 Å². The number of thiophene rings is 1. The van der Waals surface area contributed by atoms with Crippen LogP contribution >= 0.6 is 23.7 Å². The molecule has 6 heteroatoms. The predicted octanol–water partition coefficient (Wildman–Crippen LogP) is 3.10. The van der Waals surface area contributed by atoms with Gasteiger partial charge in [0, 0.05) is 13.0 Å². The van der Waals surface area contributed by atoms with Gasteiger partial charge in [-0.2, -0.15) is 11.3 Å². The van der Waals surface area contributed by atoms with E-state index in [-0.39, 0.29) is 18.5 Å². The van der Waals surface area contributed by atoms with Crippen molar-refractivity contribution in [2.75, 3.05) is 32.8 Å². The molecule has 0 bridgehead atoms. The minimum atomic E-state index is 0. The molecular weight excluding hydrogens is 332 g/mol. The van der Waals surface area contributed by atoms with E-state index in [4.69, 9.17) is 4.74 Å². The summed E-state index contributed by atoms with van der Waals surface area (Å²) in [7, 11) is 0. The van der Waals surface area contributed by atoms with E-state index < -0.39 is 0 Å². The average Bonchev–Trinajstić information content (AvgIpc) is 3.10. The lowest BCUT2D eigenvalue weighted by Crippen LogP contribution is -2.43. The second-order valence-electron chi connectivity index (χ2n) is 6.52. The maximum absolute atomic E-state index is 12.6. The lowest BCUT2D eigenvalue weighted by atomic mass is 9.84. The quantitative estimate of drug-likeness (QED) is 0.899. The lowest BCUT2D eigenvalue weighted by molar-refractivity contribution is -0.140. The van der Waals surface area contributed by atoms with Crippen LogP contribution in [0.15, 0.2) is 16.8 Å². The normalized spacial score (nSPS) is 24.0. The number of hydrogen-bond donors (Lipinski definition) is 1. The Hall–Kier alpha value is -0.620. The van der Waals surface area contributed by atoms with Crippen LogP contribution in [0, 0.1) is 11.8 Å². The first-order valence-electron chi connectivity index (χ1n) is 8.36. The largest absolute Gasteiger partial charge is 0.370 e. The van der Waals surface area contributed by atoms with Gasteiger partial charge in [-0.05, 0) is 60.2 Å². The van der Waals surface area contributed by atoms with Gasteiger partial charge < -0.3 is 15.0 Å². The van der Waals surface area contributed by atoms with Gasteiger partial charge in [-0.25, -0.2) is 0 Å². The summed E-state index contributed by atoms with van der Waals surface area (Å²) in [6.45, 7) is 6.52. The maximum Gasteiger partial charge on any atom is 0.223 e. The highest BCUT2D eigenvalue weighted by Crippen LogP contribution is 2.27. The van der Waals surface area contributed by atoms with Crippen LogP contribution in [0.25, 0.3) is 0 Å². The van der Waals surface area contributed by atoms with Gasteiger partial charge in [0.2, 0.25) is 5.91 Å². The van der Waals surface area contributed by atoms with Crippen molar-refractivity contribution >= 4 is 29.7 Å². The molecule has 4 nitrogen and oxygen atoms in total. The summed E-state index contributed by atoms with van der Waals surface area (Å²) < 4.78 is 5.83. The van der Waals surface area contributed by atoms with Gasteiger partial charge in [0.25, 0.3) is 0 Å². The van der Waals surface area contributed by atoms with Crippen molar-refractivity contribution in [2.24, 2.45) is 11.8 Å². The molecule has 130 valence electrons. The summed E-state index contributed by atoms with van der Waals surface area (Å²) in [5.41, 5.74) is 1.20. The standard InChI is InChI=1S/C17H26N2O2S.ClH/c1-13(14-2-5-18-6-3-14)10-17(20)19-7-8-21-16(11-19)15-4-9-22-12-15;/h4,9,12-14,16,18H,2-3,5-8,10-11H2,1H3;1H. The Balaban J connectivity index is 0.00000192. The lowest BCUT2D eigenvalue weighted by Gasteiger charge is -2.34. The Morgan fingerprint density at radius 1 is 1.48 bits per heavy atom. The molecule has 2 unspecified atom stereocenters. The van der Waals surface area contributed by atoms with Gasteiger partial charge in [0.05, 0.1) is 13.2 Å². The Bertz CT molecular complexity index is 477. The highest BCUT2D eigenvalue weighted by Gasteiger charge is 2.28. The van der Waals surface area contributed by atoms with Gasteiger partial charge in [-0.1, -0.05) is 6.92 Å². The van der Waals surface area contributed by atoms with Gasteiger partial charge >= 0.3 is 0 Å². The summed E-state index contributed by atoms with van der Waals surface area (Å²) in [5, 5.41) is 7.59. The van der Waals surface area contributed by atoms with Crippen LogP contribution in [0.1, 0.15) is 37.9 Å². The number of amides is 1. The first-order chi connectivity index (χ1) is 10.7. The Morgan fingerprint density at radius 3 is 2.96 bits per heavy atom. The van der Waals surface area contributed by atoms with Crippen molar-refractivity contribution in [3.05, 3.63) is 22.4 Å². The number of carbonyl (C=O) groups is 1. The molecule has 0 aromatic carbocycles. The third kappa shape index (κ3) is 4.92. The molecule has 2 aliphatic rings. The second kappa shape index (κ2) is 9.02. The molecule has 2 atom stereocenters. The molecule has 2 fully saturated rings. The third-order valence-electron chi connectivity index (χ3n) is 5.02. The number of piperidine rings is 1. The Labute approximate surface area is 149 Å². The maximum atomic E-state index is 12.6. The van der Waals surface area contributed by atoms with E-state index in [1.54, 1.807) is 11.3 Å². The van der Waals surface area contributed by atoms with E-state index in [0.717, 1.165) is 19.6 Å². The summed E-state index contributed by atoms with van der Waals surface area (Å²) in [6.07, 6.45) is 3.14. The molecule has 3 rings (SSSR count). The highest BCUT2D eigenvalue weighted by molar-refractivity contribution is 7.07. The average molecular weight is 359 g/mol. The summed E-state index contributed by atoms with van der Waals surface area (Å²) in [6, 6.07) is 2.10. The highest BCUT2D eigenvalue weighted by atomic mass is 35.5. The number of carbonyl (C=O) groups excluding carboxylic acids is 1. The first kappa shape index (κ1) is 18.7. The molecule has 3 heterocycles. The molecule has 0 radical (unpaired) electrons. The number of rotatable bonds is 4. The number of hydrogen-bond acceptors (Lipinski definition) is 4. The number of ether oxygens (including phenoxy) is 1. The number of morpholine rings is 1. The third-order valence-corrected chi connectivity index (χ3v) is 5.72. The van der Waals surface area contributed by atoms with Crippen LogP contribution in [-0.2, 0) is 9.53 Å². The fraction of sp³-hybridized carbons (Fsp3) is 0.706. The monoisotopic (exact) mass is 358 g/mol. The fourth-order valence-electron chi connectivity index (χ4n) is 3.52. The smallest absolute Gasteiger partial charge is 0.223 e. The van der Waals surface area contributed by atoms with Gasteiger partial charge in [0.15, 0.2) is 0 Å². The molecule has 2 saturated heterocycles. The molecule has 23 heavy (non-hydrogen) atoms. The van der Waals surface area contributed by atoms with E-state index in [9.17, 15) is 4.79 Å². The van der Waals surface area contributed by atoms with Crippen molar-refractivity contribution in [1.29, 1.82) is 0 Å². The molecule has 0 saturated carbocycles. The van der Waals surface area contributed by atoms with Crippen LogP contribution in [-0.4, -0.2) is 43.6 Å².